The normalized spacial score (nSPS) is 11.4. The van der Waals surface area contributed by atoms with E-state index < -0.39 is 15.9 Å². The van der Waals surface area contributed by atoms with Gasteiger partial charge in [0.05, 0.1) is 26.2 Å². The van der Waals surface area contributed by atoms with Gasteiger partial charge >= 0.3 is 0 Å². The summed E-state index contributed by atoms with van der Waals surface area (Å²) < 4.78 is 27.2. The van der Waals surface area contributed by atoms with Gasteiger partial charge in [0.1, 0.15) is 0 Å². The quantitative estimate of drug-likeness (QED) is 0.572. The Morgan fingerprint density at radius 2 is 1.59 bits per heavy atom. The fourth-order valence-corrected chi connectivity index (χ4v) is 4.27. The third-order valence-corrected chi connectivity index (χ3v) is 6.72. The summed E-state index contributed by atoms with van der Waals surface area (Å²) >= 11 is 12.2. The van der Waals surface area contributed by atoms with Crippen molar-refractivity contribution < 1.29 is 13.2 Å². The lowest BCUT2D eigenvalue weighted by Gasteiger charge is -2.18. The summed E-state index contributed by atoms with van der Waals surface area (Å²) in [5.74, 6) is -0.550. The maximum absolute atomic E-state index is 13.0. The maximum atomic E-state index is 13.0. The van der Waals surface area contributed by atoms with Crippen LogP contribution in [0.1, 0.15) is 15.9 Å². The highest BCUT2D eigenvalue weighted by Gasteiger charge is 2.23. The van der Waals surface area contributed by atoms with Crippen molar-refractivity contribution >= 4 is 44.8 Å². The van der Waals surface area contributed by atoms with E-state index in [0.717, 1.165) is 5.56 Å². The summed E-state index contributed by atoms with van der Waals surface area (Å²) in [4.78, 5) is 12.6. The predicted molar refractivity (Wildman–Crippen MR) is 116 cm³/mol. The van der Waals surface area contributed by atoms with E-state index in [1.165, 1.54) is 29.6 Å². The molecule has 0 aliphatic carbocycles. The third-order valence-electron chi connectivity index (χ3n) is 4.26. The van der Waals surface area contributed by atoms with Gasteiger partial charge in [-0.05, 0) is 35.9 Å². The van der Waals surface area contributed by atoms with Crippen LogP contribution in [0.15, 0.2) is 77.7 Å². The first kappa shape index (κ1) is 21.3. The van der Waals surface area contributed by atoms with Gasteiger partial charge in [0.2, 0.25) is 10.0 Å². The van der Waals surface area contributed by atoms with Crippen LogP contribution in [0.2, 0.25) is 10.0 Å². The molecule has 5 nitrogen and oxygen atoms in total. The van der Waals surface area contributed by atoms with Crippen molar-refractivity contribution in [2.45, 2.75) is 11.4 Å². The molecule has 0 spiro atoms. The van der Waals surface area contributed by atoms with Crippen LogP contribution < -0.4 is 5.32 Å². The van der Waals surface area contributed by atoms with Crippen LogP contribution in [0, 0.1) is 0 Å². The van der Waals surface area contributed by atoms with Crippen molar-refractivity contribution in [1.29, 1.82) is 0 Å². The van der Waals surface area contributed by atoms with E-state index in [0.29, 0.717) is 10.7 Å². The Balaban J connectivity index is 1.87. The van der Waals surface area contributed by atoms with Crippen molar-refractivity contribution in [3.05, 3.63) is 94.0 Å². The van der Waals surface area contributed by atoms with Gasteiger partial charge in [-0.3, -0.25) is 4.79 Å². The van der Waals surface area contributed by atoms with Gasteiger partial charge in [-0.25, -0.2) is 8.42 Å². The van der Waals surface area contributed by atoms with Crippen molar-refractivity contribution in [3.63, 3.8) is 0 Å². The van der Waals surface area contributed by atoms with Gasteiger partial charge in [-0.2, -0.15) is 4.31 Å². The molecule has 0 aromatic heterocycles. The van der Waals surface area contributed by atoms with Crippen LogP contribution in [0.4, 0.5) is 5.69 Å². The molecule has 8 heteroatoms. The molecule has 0 saturated carbocycles. The average molecular weight is 449 g/mol. The van der Waals surface area contributed by atoms with Gasteiger partial charge in [-0.1, -0.05) is 65.7 Å². The number of nitrogens with zero attached hydrogens (tertiary/aromatic N) is 1. The number of rotatable bonds is 6. The Hall–Kier alpha value is -2.38. The van der Waals surface area contributed by atoms with E-state index in [1.807, 2.05) is 30.3 Å². The lowest BCUT2D eigenvalue weighted by Crippen LogP contribution is -2.27. The minimum atomic E-state index is -3.82. The summed E-state index contributed by atoms with van der Waals surface area (Å²) in [6, 6.07) is 20.0. The number of carbonyl (C=O) groups is 1. The Morgan fingerprint density at radius 1 is 0.931 bits per heavy atom. The molecule has 3 rings (SSSR count). The maximum Gasteiger partial charge on any atom is 0.257 e. The molecule has 29 heavy (non-hydrogen) atoms. The molecule has 0 fully saturated rings. The standard InChI is InChI=1S/C21H18Cl2N2O3S/c1-25(14-15-7-3-2-4-8-15)29(27,28)16-11-12-18(22)17(13-16)21(26)24-20-10-6-5-9-19(20)23/h2-13H,14H2,1H3,(H,24,26). The Morgan fingerprint density at radius 3 is 2.28 bits per heavy atom. The van der Waals surface area contributed by atoms with Gasteiger partial charge in [0.25, 0.3) is 5.91 Å². The van der Waals surface area contributed by atoms with Crippen LogP contribution in [0.3, 0.4) is 0 Å². The van der Waals surface area contributed by atoms with Crippen LogP contribution >= 0.6 is 23.2 Å². The molecule has 1 amide bonds. The zero-order valence-corrected chi connectivity index (χ0v) is 17.8. The number of hydrogen-bond acceptors (Lipinski definition) is 3. The first-order valence-corrected chi connectivity index (χ1v) is 10.8. The van der Waals surface area contributed by atoms with E-state index in [4.69, 9.17) is 23.2 Å². The molecule has 0 aliphatic heterocycles. The van der Waals surface area contributed by atoms with E-state index in [9.17, 15) is 13.2 Å². The monoisotopic (exact) mass is 448 g/mol. The molecular formula is C21H18Cl2N2O3S. The SMILES string of the molecule is CN(Cc1ccccc1)S(=O)(=O)c1ccc(Cl)c(C(=O)Nc2ccccc2Cl)c1. The average Bonchev–Trinajstić information content (AvgIpc) is 2.70. The van der Waals surface area contributed by atoms with Crippen LogP contribution in [-0.4, -0.2) is 25.7 Å². The number of benzene rings is 3. The zero-order valence-electron chi connectivity index (χ0n) is 15.5. The highest BCUT2D eigenvalue weighted by atomic mass is 35.5. The van der Waals surface area contributed by atoms with E-state index in [1.54, 1.807) is 24.3 Å². The number of nitrogens with one attached hydrogen (secondary N) is 1. The van der Waals surface area contributed by atoms with Crippen molar-refractivity contribution in [3.8, 4) is 0 Å². The van der Waals surface area contributed by atoms with E-state index >= 15 is 0 Å². The second-order valence-corrected chi connectivity index (χ2v) is 9.18. The second kappa shape index (κ2) is 8.97. The van der Waals surface area contributed by atoms with Crippen LogP contribution in [0.25, 0.3) is 0 Å². The zero-order chi connectivity index (χ0) is 21.0. The molecule has 3 aromatic rings. The van der Waals surface area contributed by atoms with Gasteiger partial charge in [0, 0.05) is 13.6 Å². The molecule has 0 atom stereocenters. The molecule has 0 bridgehead atoms. The molecule has 0 aliphatic rings. The van der Waals surface area contributed by atoms with Crippen LogP contribution in [0.5, 0.6) is 0 Å². The molecule has 150 valence electrons. The first-order chi connectivity index (χ1) is 13.8. The van der Waals surface area contributed by atoms with Crippen molar-refractivity contribution in [1.82, 2.24) is 4.31 Å². The number of carbonyl (C=O) groups excluding carboxylic acids is 1. The number of amides is 1. The summed E-state index contributed by atoms with van der Waals surface area (Å²) in [5.41, 5.74) is 1.30. The predicted octanol–water partition coefficient (Wildman–Crippen LogP) is 5.07. The number of anilines is 1. The van der Waals surface area contributed by atoms with Gasteiger partial charge in [-0.15, -0.1) is 0 Å². The van der Waals surface area contributed by atoms with Crippen LogP contribution in [-0.2, 0) is 16.6 Å². The van der Waals surface area contributed by atoms with Gasteiger partial charge < -0.3 is 5.32 Å². The molecule has 0 heterocycles. The van der Waals surface area contributed by atoms with Crippen molar-refractivity contribution in [2.75, 3.05) is 12.4 Å². The van der Waals surface area contributed by atoms with Gasteiger partial charge in [0.15, 0.2) is 0 Å². The molecule has 0 unspecified atom stereocenters. The van der Waals surface area contributed by atoms with Crippen molar-refractivity contribution in [2.24, 2.45) is 0 Å². The molecule has 3 aromatic carbocycles. The summed E-state index contributed by atoms with van der Waals surface area (Å²) in [6.45, 7) is 0.201. The topological polar surface area (TPSA) is 66.5 Å². The Labute approximate surface area is 179 Å². The number of para-hydroxylation sites is 1. The molecule has 1 N–H and O–H groups in total. The second-order valence-electron chi connectivity index (χ2n) is 6.32. The minimum Gasteiger partial charge on any atom is -0.321 e. The summed E-state index contributed by atoms with van der Waals surface area (Å²) in [6.07, 6.45) is 0. The van der Waals surface area contributed by atoms with E-state index in [2.05, 4.69) is 5.32 Å². The summed E-state index contributed by atoms with van der Waals surface area (Å²) in [5, 5.41) is 3.15. The third kappa shape index (κ3) is 4.97. The molecule has 0 saturated heterocycles. The Kier molecular flexibility index (Phi) is 6.59. The fraction of sp³-hybridized carbons (Fsp3) is 0.0952. The molecule has 0 radical (unpaired) electrons. The first-order valence-electron chi connectivity index (χ1n) is 8.65. The smallest absolute Gasteiger partial charge is 0.257 e. The Bertz CT molecular complexity index is 1140. The highest BCUT2D eigenvalue weighted by Crippen LogP contribution is 2.26. The highest BCUT2D eigenvalue weighted by molar-refractivity contribution is 7.89. The molecular weight excluding hydrogens is 431 g/mol. The summed E-state index contributed by atoms with van der Waals surface area (Å²) in [7, 11) is -2.34. The largest absolute Gasteiger partial charge is 0.321 e. The lowest BCUT2D eigenvalue weighted by molar-refractivity contribution is 0.102. The number of hydrogen-bond donors (Lipinski definition) is 1. The number of sulfonamides is 1. The minimum absolute atomic E-state index is 0.0235. The number of halogens is 2. The lowest BCUT2D eigenvalue weighted by atomic mass is 10.2. The van der Waals surface area contributed by atoms with E-state index in [-0.39, 0.29) is 22.0 Å². The fourth-order valence-electron chi connectivity index (χ4n) is 2.70.